The van der Waals surface area contributed by atoms with Crippen molar-refractivity contribution in [2.45, 2.75) is 45.3 Å². The molecule has 1 saturated heterocycles. The van der Waals surface area contributed by atoms with Crippen LogP contribution in [0, 0.1) is 12.8 Å². The number of hydrogen-bond donors (Lipinski definition) is 1. The lowest BCUT2D eigenvalue weighted by atomic mass is 9.88. The molecule has 94 valence electrons. The minimum Gasteiger partial charge on any atom is -0.392 e. The zero-order valence-electron chi connectivity index (χ0n) is 10.7. The highest BCUT2D eigenvalue weighted by Crippen LogP contribution is 2.28. The third kappa shape index (κ3) is 2.88. The largest absolute Gasteiger partial charge is 0.392 e. The monoisotopic (exact) mass is 234 g/mol. The molecular formula is C15H22O2. The van der Waals surface area contributed by atoms with Gasteiger partial charge >= 0.3 is 0 Å². The third-order valence-electron chi connectivity index (χ3n) is 3.85. The molecule has 0 spiro atoms. The van der Waals surface area contributed by atoms with Gasteiger partial charge in [-0.25, -0.2) is 0 Å². The van der Waals surface area contributed by atoms with Crippen molar-refractivity contribution in [2.24, 2.45) is 5.92 Å². The summed E-state index contributed by atoms with van der Waals surface area (Å²) in [5, 5.41) is 10.3. The van der Waals surface area contributed by atoms with Gasteiger partial charge in [-0.2, -0.15) is 0 Å². The first kappa shape index (κ1) is 12.6. The van der Waals surface area contributed by atoms with Crippen molar-refractivity contribution in [1.29, 1.82) is 0 Å². The average molecular weight is 234 g/mol. The predicted octanol–water partition coefficient (Wildman–Crippen LogP) is 2.71. The van der Waals surface area contributed by atoms with Crippen LogP contribution in [0.5, 0.6) is 0 Å². The van der Waals surface area contributed by atoms with Crippen LogP contribution in [0.4, 0.5) is 0 Å². The standard InChI is InChI=1S/C15H22O2/c1-3-15-13(8-9-17-15)14(16)10-12-7-5-4-6-11(12)2/h4-7,13-16H,3,8-10H2,1-2H3. The van der Waals surface area contributed by atoms with Gasteiger partial charge in [-0.3, -0.25) is 0 Å². The van der Waals surface area contributed by atoms with Gasteiger partial charge in [0.25, 0.3) is 0 Å². The number of hydrogen-bond acceptors (Lipinski definition) is 2. The molecule has 0 bridgehead atoms. The molecule has 0 amide bonds. The number of aryl methyl sites for hydroxylation is 1. The van der Waals surface area contributed by atoms with E-state index in [4.69, 9.17) is 4.74 Å². The second-order valence-corrected chi connectivity index (χ2v) is 4.97. The van der Waals surface area contributed by atoms with E-state index in [0.717, 1.165) is 25.9 Å². The molecule has 1 aliphatic rings. The summed E-state index contributed by atoms with van der Waals surface area (Å²) < 4.78 is 5.64. The number of aliphatic hydroxyl groups is 1. The second-order valence-electron chi connectivity index (χ2n) is 4.97. The van der Waals surface area contributed by atoms with Gasteiger partial charge in [0, 0.05) is 12.5 Å². The molecule has 17 heavy (non-hydrogen) atoms. The molecule has 0 saturated carbocycles. The molecule has 1 aliphatic heterocycles. The molecule has 1 aromatic carbocycles. The van der Waals surface area contributed by atoms with Gasteiger partial charge in [0.15, 0.2) is 0 Å². The summed E-state index contributed by atoms with van der Waals surface area (Å²) in [6.07, 6.45) is 2.70. The fraction of sp³-hybridized carbons (Fsp3) is 0.600. The van der Waals surface area contributed by atoms with Gasteiger partial charge in [-0.15, -0.1) is 0 Å². The number of rotatable bonds is 4. The SMILES string of the molecule is CCC1OCCC1C(O)Cc1ccccc1C. The van der Waals surface area contributed by atoms with Crippen LogP contribution < -0.4 is 0 Å². The summed E-state index contributed by atoms with van der Waals surface area (Å²) in [5.74, 6) is 0.305. The van der Waals surface area contributed by atoms with E-state index in [1.807, 2.05) is 12.1 Å². The maximum atomic E-state index is 10.3. The van der Waals surface area contributed by atoms with Crippen molar-refractivity contribution >= 4 is 0 Å². The first-order valence-electron chi connectivity index (χ1n) is 6.56. The van der Waals surface area contributed by atoms with Crippen LogP contribution >= 0.6 is 0 Å². The third-order valence-corrected chi connectivity index (χ3v) is 3.85. The van der Waals surface area contributed by atoms with Gasteiger partial charge in [0.05, 0.1) is 12.2 Å². The smallest absolute Gasteiger partial charge is 0.0634 e. The average Bonchev–Trinajstić information content (AvgIpc) is 2.80. The van der Waals surface area contributed by atoms with Gasteiger partial charge in [0.1, 0.15) is 0 Å². The van der Waals surface area contributed by atoms with Crippen LogP contribution in [0.1, 0.15) is 30.9 Å². The van der Waals surface area contributed by atoms with Crippen molar-refractivity contribution in [2.75, 3.05) is 6.61 Å². The summed E-state index contributed by atoms with van der Waals surface area (Å²) in [5.41, 5.74) is 2.51. The molecule has 1 N–H and O–H groups in total. The Balaban J connectivity index is 2.01. The quantitative estimate of drug-likeness (QED) is 0.868. The Morgan fingerprint density at radius 3 is 2.88 bits per heavy atom. The maximum absolute atomic E-state index is 10.3. The molecule has 0 aliphatic carbocycles. The minimum atomic E-state index is -0.274. The lowest BCUT2D eigenvalue weighted by molar-refractivity contribution is 0.0317. The van der Waals surface area contributed by atoms with Crippen molar-refractivity contribution in [3.63, 3.8) is 0 Å². The molecule has 2 rings (SSSR count). The van der Waals surface area contributed by atoms with Gasteiger partial charge in [0.2, 0.25) is 0 Å². The summed E-state index contributed by atoms with van der Waals surface area (Å²) >= 11 is 0. The van der Waals surface area contributed by atoms with E-state index >= 15 is 0 Å². The summed E-state index contributed by atoms with van der Waals surface area (Å²) in [7, 11) is 0. The van der Waals surface area contributed by atoms with Crippen LogP contribution in [0.3, 0.4) is 0 Å². The van der Waals surface area contributed by atoms with Crippen LogP contribution in [0.25, 0.3) is 0 Å². The normalized spacial score (nSPS) is 26.1. The number of ether oxygens (including phenoxy) is 1. The van der Waals surface area contributed by atoms with Crippen molar-refractivity contribution < 1.29 is 9.84 Å². The Hall–Kier alpha value is -0.860. The molecule has 1 fully saturated rings. The summed E-state index contributed by atoms with van der Waals surface area (Å²) in [6.45, 7) is 5.03. The van der Waals surface area contributed by atoms with E-state index < -0.39 is 0 Å². The summed E-state index contributed by atoms with van der Waals surface area (Å²) in [6, 6.07) is 8.29. The van der Waals surface area contributed by atoms with Crippen molar-refractivity contribution in [3.8, 4) is 0 Å². The van der Waals surface area contributed by atoms with Crippen LogP contribution in [-0.4, -0.2) is 23.9 Å². The van der Waals surface area contributed by atoms with Crippen LogP contribution in [-0.2, 0) is 11.2 Å². The van der Waals surface area contributed by atoms with Gasteiger partial charge in [-0.05, 0) is 37.3 Å². The predicted molar refractivity (Wildman–Crippen MR) is 69.0 cm³/mol. The van der Waals surface area contributed by atoms with Crippen molar-refractivity contribution in [1.82, 2.24) is 0 Å². The highest BCUT2D eigenvalue weighted by atomic mass is 16.5. The van der Waals surface area contributed by atoms with E-state index in [-0.39, 0.29) is 12.2 Å². The van der Waals surface area contributed by atoms with E-state index in [2.05, 4.69) is 26.0 Å². The molecule has 3 atom stereocenters. The van der Waals surface area contributed by atoms with E-state index in [9.17, 15) is 5.11 Å². The first-order chi connectivity index (χ1) is 8.22. The van der Waals surface area contributed by atoms with Gasteiger partial charge in [-0.1, -0.05) is 31.2 Å². The Bertz CT molecular complexity index is 362. The molecule has 3 unspecified atom stereocenters. The zero-order valence-corrected chi connectivity index (χ0v) is 10.7. The van der Waals surface area contributed by atoms with Crippen molar-refractivity contribution in [3.05, 3.63) is 35.4 Å². The Kier molecular flexibility index (Phi) is 4.19. The maximum Gasteiger partial charge on any atom is 0.0634 e. The molecule has 2 heteroatoms. The highest BCUT2D eigenvalue weighted by molar-refractivity contribution is 5.26. The molecule has 1 heterocycles. The van der Waals surface area contributed by atoms with Crippen LogP contribution in [0.2, 0.25) is 0 Å². The molecular weight excluding hydrogens is 212 g/mol. The van der Waals surface area contributed by atoms with E-state index in [1.165, 1.54) is 11.1 Å². The molecule has 0 radical (unpaired) electrons. The fourth-order valence-electron chi connectivity index (χ4n) is 2.74. The Morgan fingerprint density at radius 2 is 2.18 bits per heavy atom. The Morgan fingerprint density at radius 1 is 1.41 bits per heavy atom. The molecule has 0 aromatic heterocycles. The van der Waals surface area contributed by atoms with Crippen LogP contribution in [0.15, 0.2) is 24.3 Å². The summed E-state index contributed by atoms with van der Waals surface area (Å²) in [4.78, 5) is 0. The lowest BCUT2D eigenvalue weighted by Crippen LogP contribution is -2.29. The van der Waals surface area contributed by atoms with E-state index in [1.54, 1.807) is 0 Å². The molecule has 1 aromatic rings. The first-order valence-corrected chi connectivity index (χ1v) is 6.56. The zero-order chi connectivity index (χ0) is 12.3. The number of benzene rings is 1. The Labute approximate surface area is 104 Å². The highest BCUT2D eigenvalue weighted by Gasteiger charge is 2.32. The molecule has 2 nitrogen and oxygen atoms in total. The van der Waals surface area contributed by atoms with Gasteiger partial charge < -0.3 is 9.84 Å². The number of aliphatic hydroxyl groups excluding tert-OH is 1. The topological polar surface area (TPSA) is 29.5 Å². The van der Waals surface area contributed by atoms with E-state index in [0.29, 0.717) is 5.92 Å². The second kappa shape index (κ2) is 5.65. The fourth-order valence-corrected chi connectivity index (χ4v) is 2.74. The lowest BCUT2D eigenvalue weighted by Gasteiger charge is -2.23. The minimum absolute atomic E-state index is 0.244.